The minimum Gasteiger partial charge on any atom is -0.345 e. The van der Waals surface area contributed by atoms with E-state index in [0.717, 1.165) is 17.3 Å². The van der Waals surface area contributed by atoms with E-state index in [0.29, 0.717) is 16.9 Å². The van der Waals surface area contributed by atoms with Crippen LogP contribution >= 0.6 is 12.2 Å². The Morgan fingerprint density at radius 1 is 1.24 bits per heavy atom. The van der Waals surface area contributed by atoms with Crippen molar-refractivity contribution < 1.29 is 4.39 Å². The molecule has 2 nitrogen and oxygen atoms in total. The molecule has 1 heterocycles. The standard InChI is InChI=1S/C17H23FN2S/c1-16(2)8-14-9-17(3,10-16)11-20(14)15(21)19-13-6-4-12(18)5-7-13/h4-7,14H,8-11H2,1-3H3,(H,19,21)/t14-,17-/m1/s1. The van der Waals surface area contributed by atoms with Gasteiger partial charge in [-0.1, -0.05) is 20.8 Å². The largest absolute Gasteiger partial charge is 0.345 e. The molecule has 1 saturated carbocycles. The number of anilines is 1. The van der Waals surface area contributed by atoms with E-state index in [1.54, 1.807) is 12.1 Å². The lowest BCUT2D eigenvalue weighted by atomic mass is 9.65. The first-order chi connectivity index (χ1) is 9.76. The van der Waals surface area contributed by atoms with Crippen LogP contribution in [0.25, 0.3) is 0 Å². The zero-order chi connectivity index (χ0) is 15.3. The summed E-state index contributed by atoms with van der Waals surface area (Å²) in [5, 5.41) is 4.03. The molecule has 1 aromatic carbocycles. The van der Waals surface area contributed by atoms with Crippen LogP contribution in [0.5, 0.6) is 0 Å². The summed E-state index contributed by atoms with van der Waals surface area (Å²) >= 11 is 5.60. The van der Waals surface area contributed by atoms with Gasteiger partial charge in [-0.2, -0.15) is 0 Å². The van der Waals surface area contributed by atoms with Crippen molar-refractivity contribution in [2.45, 2.75) is 46.1 Å². The van der Waals surface area contributed by atoms with Crippen LogP contribution in [0.4, 0.5) is 10.1 Å². The number of likely N-dealkylation sites (tertiary alicyclic amines) is 1. The van der Waals surface area contributed by atoms with Gasteiger partial charge in [0.2, 0.25) is 0 Å². The minimum absolute atomic E-state index is 0.224. The van der Waals surface area contributed by atoms with Crippen LogP contribution in [0.15, 0.2) is 24.3 Å². The molecule has 1 aliphatic carbocycles. The number of hydrogen-bond acceptors (Lipinski definition) is 1. The topological polar surface area (TPSA) is 15.3 Å². The lowest BCUT2D eigenvalue weighted by molar-refractivity contribution is 0.132. The Morgan fingerprint density at radius 3 is 2.57 bits per heavy atom. The predicted octanol–water partition coefficient (Wildman–Crippen LogP) is 4.42. The first-order valence-corrected chi connectivity index (χ1v) is 8.01. The summed E-state index contributed by atoms with van der Waals surface area (Å²) in [6, 6.07) is 6.90. The van der Waals surface area contributed by atoms with E-state index >= 15 is 0 Å². The maximum atomic E-state index is 13.0. The van der Waals surface area contributed by atoms with E-state index in [-0.39, 0.29) is 5.82 Å². The summed E-state index contributed by atoms with van der Waals surface area (Å²) in [6.07, 6.45) is 3.67. The molecular weight excluding hydrogens is 283 g/mol. The lowest BCUT2D eigenvalue weighted by Crippen LogP contribution is -2.39. The average molecular weight is 306 g/mol. The normalized spacial score (nSPS) is 30.3. The van der Waals surface area contributed by atoms with Gasteiger partial charge < -0.3 is 10.2 Å². The smallest absolute Gasteiger partial charge is 0.173 e. The van der Waals surface area contributed by atoms with Crippen molar-refractivity contribution in [2.24, 2.45) is 10.8 Å². The number of thiocarbonyl (C=S) groups is 1. The zero-order valence-electron chi connectivity index (χ0n) is 12.9. The molecule has 2 fully saturated rings. The highest BCUT2D eigenvalue weighted by molar-refractivity contribution is 7.80. The third-order valence-electron chi connectivity index (χ3n) is 4.77. The Kier molecular flexibility index (Phi) is 3.47. The fourth-order valence-electron chi connectivity index (χ4n) is 4.43. The van der Waals surface area contributed by atoms with Crippen molar-refractivity contribution in [2.75, 3.05) is 11.9 Å². The molecule has 1 aliphatic heterocycles. The van der Waals surface area contributed by atoms with Crippen LogP contribution in [0, 0.1) is 16.6 Å². The van der Waals surface area contributed by atoms with E-state index in [9.17, 15) is 4.39 Å². The van der Waals surface area contributed by atoms with Crippen LogP contribution in [-0.4, -0.2) is 22.6 Å². The Morgan fingerprint density at radius 2 is 1.90 bits per heavy atom. The van der Waals surface area contributed by atoms with Gasteiger partial charge in [-0.25, -0.2) is 4.39 Å². The number of fused-ring (bicyclic) bond motifs is 2. The molecule has 114 valence electrons. The van der Waals surface area contributed by atoms with Crippen LogP contribution in [0.3, 0.4) is 0 Å². The number of nitrogens with one attached hydrogen (secondary N) is 1. The summed E-state index contributed by atoms with van der Waals surface area (Å²) in [4.78, 5) is 2.34. The molecule has 0 unspecified atom stereocenters. The van der Waals surface area contributed by atoms with Crippen molar-refractivity contribution in [3.63, 3.8) is 0 Å². The van der Waals surface area contributed by atoms with Gasteiger partial charge in [0.05, 0.1) is 0 Å². The fraction of sp³-hybridized carbons (Fsp3) is 0.588. The molecule has 21 heavy (non-hydrogen) atoms. The minimum atomic E-state index is -0.224. The highest BCUT2D eigenvalue weighted by atomic mass is 32.1. The Balaban J connectivity index is 1.73. The average Bonchev–Trinajstić information content (AvgIpc) is 2.61. The van der Waals surface area contributed by atoms with E-state index in [4.69, 9.17) is 12.2 Å². The van der Waals surface area contributed by atoms with Crippen molar-refractivity contribution in [1.29, 1.82) is 0 Å². The third-order valence-corrected chi connectivity index (χ3v) is 5.11. The molecule has 2 bridgehead atoms. The van der Waals surface area contributed by atoms with Gasteiger partial charge in [-0.15, -0.1) is 0 Å². The van der Waals surface area contributed by atoms with Crippen molar-refractivity contribution in [3.05, 3.63) is 30.1 Å². The molecule has 1 N–H and O–H groups in total. The SMILES string of the molecule is CC1(C)C[C@@H]2C[C@@](C)(CN2C(=S)Nc2ccc(F)cc2)C1. The number of nitrogens with zero attached hydrogens (tertiary/aromatic N) is 1. The van der Waals surface area contributed by atoms with Crippen molar-refractivity contribution >= 4 is 23.0 Å². The summed E-state index contributed by atoms with van der Waals surface area (Å²) in [6.45, 7) is 8.12. The number of benzene rings is 1. The molecule has 1 aromatic rings. The van der Waals surface area contributed by atoms with Gasteiger partial charge >= 0.3 is 0 Å². The second-order valence-electron chi connectivity index (χ2n) is 7.78. The molecule has 4 heteroatoms. The number of halogens is 1. The van der Waals surface area contributed by atoms with E-state index in [1.165, 1.54) is 31.4 Å². The van der Waals surface area contributed by atoms with Crippen molar-refractivity contribution in [1.82, 2.24) is 4.90 Å². The summed E-state index contributed by atoms with van der Waals surface area (Å²) in [7, 11) is 0. The fourth-order valence-corrected chi connectivity index (χ4v) is 4.76. The maximum absolute atomic E-state index is 13.0. The Hall–Kier alpha value is -1.16. The molecule has 3 rings (SSSR count). The molecule has 0 amide bonds. The van der Waals surface area contributed by atoms with Gasteiger partial charge in [-0.3, -0.25) is 0 Å². The molecular formula is C17H23FN2S. The summed E-state index contributed by atoms with van der Waals surface area (Å²) in [5.74, 6) is -0.224. The van der Waals surface area contributed by atoms with E-state index in [2.05, 4.69) is 31.0 Å². The second kappa shape index (κ2) is 4.94. The van der Waals surface area contributed by atoms with E-state index in [1.807, 2.05) is 0 Å². The van der Waals surface area contributed by atoms with Crippen LogP contribution in [0.1, 0.15) is 40.0 Å². The second-order valence-corrected chi connectivity index (χ2v) is 8.17. The molecule has 1 saturated heterocycles. The van der Waals surface area contributed by atoms with Gasteiger partial charge in [-0.05, 0) is 66.6 Å². The third kappa shape index (κ3) is 3.05. The van der Waals surface area contributed by atoms with Gasteiger partial charge in [0.1, 0.15) is 5.82 Å². The maximum Gasteiger partial charge on any atom is 0.173 e. The van der Waals surface area contributed by atoms with Gasteiger partial charge in [0, 0.05) is 18.3 Å². The molecule has 0 aromatic heterocycles. The highest BCUT2D eigenvalue weighted by Gasteiger charge is 2.50. The monoisotopic (exact) mass is 306 g/mol. The molecule has 2 atom stereocenters. The first kappa shape index (κ1) is 14.8. The lowest BCUT2D eigenvalue weighted by Gasteiger charge is -2.39. The van der Waals surface area contributed by atoms with Crippen LogP contribution in [0.2, 0.25) is 0 Å². The van der Waals surface area contributed by atoms with Crippen molar-refractivity contribution in [3.8, 4) is 0 Å². The Bertz CT molecular complexity index is 554. The Labute approximate surface area is 131 Å². The summed E-state index contributed by atoms with van der Waals surface area (Å²) < 4.78 is 13.0. The first-order valence-electron chi connectivity index (χ1n) is 7.60. The predicted molar refractivity (Wildman–Crippen MR) is 88.9 cm³/mol. The number of rotatable bonds is 1. The van der Waals surface area contributed by atoms with Gasteiger partial charge in [0.25, 0.3) is 0 Å². The van der Waals surface area contributed by atoms with E-state index < -0.39 is 0 Å². The number of hydrogen-bond donors (Lipinski definition) is 1. The zero-order valence-corrected chi connectivity index (χ0v) is 13.8. The molecule has 0 spiro atoms. The van der Waals surface area contributed by atoms with Gasteiger partial charge in [0.15, 0.2) is 5.11 Å². The van der Waals surface area contributed by atoms with Crippen LogP contribution < -0.4 is 5.32 Å². The molecule has 2 aliphatic rings. The highest BCUT2D eigenvalue weighted by Crippen LogP contribution is 2.52. The molecule has 0 radical (unpaired) electrons. The van der Waals surface area contributed by atoms with Crippen LogP contribution in [-0.2, 0) is 0 Å². The quantitative estimate of drug-likeness (QED) is 0.773. The summed E-state index contributed by atoms with van der Waals surface area (Å²) in [5.41, 5.74) is 1.60.